The summed E-state index contributed by atoms with van der Waals surface area (Å²) in [5, 5.41) is 6.55. The van der Waals surface area contributed by atoms with Crippen molar-refractivity contribution in [2.75, 3.05) is 13.1 Å². The van der Waals surface area contributed by atoms with Gasteiger partial charge in [0.15, 0.2) is 0 Å². The molecule has 23 heavy (non-hydrogen) atoms. The number of nitrogens with zero attached hydrogens (tertiary/aromatic N) is 2. The van der Waals surface area contributed by atoms with E-state index in [2.05, 4.69) is 10.3 Å². The van der Waals surface area contributed by atoms with E-state index in [4.69, 9.17) is 11.6 Å². The van der Waals surface area contributed by atoms with E-state index < -0.39 is 0 Å². The van der Waals surface area contributed by atoms with E-state index >= 15 is 0 Å². The van der Waals surface area contributed by atoms with Crippen LogP contribution < -0.4 is 5.32 Å². The quantitative estimate of drug-likeness (QED) is 0.904. The number of halogens is 1. The summed E-state index contributed by atoms with van der Waals surface area (Å²) in [6.45, 7) is 1.71. The van der Waals surface area contributed by atoms with Crippen LogP contribution in [0.2, 0.25) is 4.34 Å². The van der Waals surface area contributed by atoms with Gasteiger partial charge in [-0.25, -0.2) is 4.98 Å². The van der Waals surface area contributed by atoms with Crippen molar-refractivity contribution in [1.29, 1.82) is 0 Å². The van der Waals surface area contributed by atoms with Crippen molar-refractivity contribution in [3.8, 4) is 9.88 Å². The lowest BCUT2D eigenvalue weighted by atomic mass is 10.1. The van der Waals surface area contributed by atoms with Crippen LogP contribution in [0, 0.1) is 0 Å². The first-order chi connectivity index (χ1) is 11.2. The van der Waals surface area contributed by atoms with Gasteiger partial charge in [0.1, 0.15) is 5.01 Å². The third kappa shape index (κ3) is 3.45. The zero-order valence-electron chi connectivity index (χ0n) is 12.6. The maximum Gasteiger partial charge on any atom is 0.228 e. The fourth-order valence-electron chi connectivity index (χ4n) is 3.37. The summed E-state index contributed by atoms with van der Waals surface area (Å²) >= 11 is 9.08. The molecular formula is C16H18ClN3OS2. The number of carbonyl (C=O) groups excluding carboxylic acids is 1. The van der Waals surface area contributed by atoms with Crippen molar-refractivity contribution in [2.45, 2.75) is 37.8 Å². The molecule has 122 valence electrons. The Morgan fingerprint density at radius 3 is 3.04 bits per heavy atom. The molecule has 2 atom stereocenters. The number of thiophene rings is 1. The van der Waals surface area contributed by atoms with Gasteiger partial charge in [-0.2, -0.15) is 0 Å². The number of fused-ring (bicyclic) bond motifs is 2. The van der Waals surface area contributed by atoms with Crippen molar-refractivity contribution in [1.82, 2.24) is 15.2 Å². The number of likely N-dealkylation sites (tertiary alicyclic amines) is 1. The van der Waals surface area contributed by atoms with E-state index in [0.29, 0.717) is 18.5 Å². The Kier molecular flexibility index (Phi) is 4.41. The van der Waals surface area contributed by atoms with Crippen LogP contribution in [0.5, 0.6) is 0 Å². The van der Waals surface area contributed by atoms with Gasteiger partial charge < -0.3 is 10.2 Å². The molecule has 2 unspecified atom stereocenters. The van der Waals surface area contributed by atoms with Crippen LogP contribution in [0.15, 0.2) is 17.5 Å². The molecule has 4 nitrogen and oxygen atoms in total. The van der Waals surface area contributed by atoms with Gasteiger partial charge in [0, 0.05) is 30.6 Å². The van der Waals surface area contributed by atoms with E-state index in [1.807, 2.05) is 22.4 Å². The second-order valence-electron chi connectivity index (χ2n) is 6.19. The number of amides is 1. The number of nitrogens with one attached hydrogen (secondary N) is 1. The summed E-state index contributed by atoms with van der Waals surface area (Å²) in [6, 6.07) is 4.94. The van der Waals surface area contributed by atoms with E-state index in [1.54, 1.807) is 11.3 Å². The minimum atomic E-state index is 0.195. The van der Waals surface area contributed by atoms with Crippen molar-refractivity contribution in [2.24, 2.45) is 0 Å². The topological polar surface area (TPSA) is 45.2 Å². The van der Waals surface area contributed by atoms with E-state index in [9.17, 15) is 4.79 Å². The Balaban J connectivity index is 1.41. The molecule has 1 amide bonds. The Morgan fingerprint density at radius 2 is 2.22 bits per heavy atom. The highest BCUT2D eigenvalue weighted by atomic mass is 35.5. The molecule has 0 aromatic carbocycles. The van der Waals surface area contributed by atoms with E-state index in [0.717, 1.165) is 39.4 Å². The average Bonchev–Trinajstić information content (AvgIpc) is 3.20. The van der Waals surface area contributed by atoms with Crippen molar-refractivity contribution >= 4 is 40.2 Å². The van der Waals surface area contributed by atoms with Gasteiger partial charge in [-0.05, 0) is 31.4 Å². The fraction of sp³-hybridized carbons (Fsp3) is 0.500. The summed E-state index contributed by atoms with van der Waals surface area (Å²) in [7, 11) is 0. The monoisotopic (exact) mass is 367 g/mol. The number of aromatic nitrogens is 1. The van der Waals surface area contributed by atoms with Gasteiger partial charge in [-0.1, -0.05) is 11.6 Å². The van der Waals surface area contributed by atoms with Crippen LogP contribution in [0.4, 0.5) is 0 Å². The third-order valence-electron chi connectivity index (χ3n) is 4.54. The van der Waals surface area contributed by atoms with Crippen molar-refractivity contribution in [3.05, 3.63) is 27.5 Å². The molecular weight excluding hydrogens is 350 g/mol. The van der Waals surface area contributed by atoms with Gasteiger partial charge in [0.05, 0.1) is 21.3 Å². The summed E-state index contributed by atoms with van der Waals surface area (Å²) in [6.07, 6.45) is 3.91. The number of carbonyl (C=O) groups is 1. The van der Waals surface area contributed by atoms with Crippen LogP contribution in [-0.4, -0.2) is 41.0 Å². The average molecular weight is 368 g/mol. The highest BCUT2D eigenvalue weighted by Gasteiger charge is 2.31. The van der Waals surface area contributed by atoms with Gasteiger partial charge in [-0.15, -0.1) is 22.7 Å². The predicted octanol–water partition coefficient (Wildman–Crippen LogP) is 3.42. The largest absolute Gasteiger partial charge is 0.341 e. The Morgan fingerprint density at radius 1 is 1.35 bits per heavy atom. The second kappa shape index (κ2) is 6.51. The molecule has 0 aliphatic carbocycles. The number of hydrogen-bond donors (Lipinski definition) is 1. The Labute approximate surface area is 148 Å². The van der Waals surface area contributed by atoms with E-state index in [1.165, 1.54) is 24.2 Å². The minimum Gasteiger partial charge on any atom is -0.341 e. The van der Waals surface area contributed by atoms with Crippen LogP contribution in [0.25, 0.3) is 9.88 Å². The first kappa shape index (κ1) is 15.6. The minimum absolute atomic E-state index is 0.195. The molecule has 2 aliphatic rings. The molecule has 0 radical (unpaired) electrons. The molecule has 7 heteroatoms. The standard InChI is InChI=1S/C16H18ClN3OS2/c17-14-4-3-13(23-14)16-19-12(9-22-16)7-15(21)20-6-5-10-1-2-11(8-20)18-10/h3-4,9-11,18H,1-2,5-8H2. The summed E-state index contributed by atoms with van der Waals surface area (Å²) in [5.41, 5.74) is 0.863. The molecule has 2 aliphatic heterocycles. The number of rotatable bonds is 3. The lowest BCUT2D eigenvalue weighted by Crippen LogP contribution is -2.39. The molecule has 2 aromatic heterocycles. The van der Waals surface area contributed by atoms with Crippen LogP contribution >= 0.6 is 34.3 Å². The zero-order chi connectivity index (χ0) is 15.8. The summed E-state index contributed by atoms with van der Waals surface area (Å²) in [4.78, 5) is 20.3. The van der Waals surface area contributed by atoms with Crippen molar-refractivity contribution < 1.29 is 4.79 Å². The maximum atomic E-state index is 12.6. The normalized spacial score (nSPS) is 24.0. The van der Waals surface area contributed by atoms with Gasteiger partial charge >= 0.3 is 0 Å². The molecule has 2 bridgehead atoms. The van der Waals surface area contributed by atoms with Crippen molar-refractivity contribution in [3.63, 3.8) is 0 Å². The lowest BCUT2D eigenvalue weighted by molar-refractivity contribution is -0.130. The predicted molar refractivity (Wildman–Crippen MR) is 95.3 cm³/mol. The number of thiazole rings is 1. The molecule has 2 saturated heterocycles. The molecule has 4 rings (SSSR count). The Hall–Kier alpha value is -0.950. The fourth-order valence-corrected chi connectivity index (χ4v) is 5.30. The number of hydrogen-bond acceptors (Lipinski definition) is 5. The summed E-state index contributed by atoms with van der Waals surface area (Å²) in [5.74, 6) is 0.195. The van der Waals surface area contributed by atoms with Crippen LogP contribution in [0.3, 0.4) is 0 Å². The van der Waals surface area contributed by atoms with Gasteiger partial charge in [-0.3, -0.25) is 4.79 Å². The van der Waals surface area contributed by atoms with Crippen LogP contribution in [0.1, 0.15) is 25.0 Å². The first-order valence-electron chi connectivity index (χ1n) is 7.91. The van der Waals surface area contributed by atoms with Crippen LogP contribution in [-0.2, 0) is 11.2 Å². The highest BCUT2D eigenvalue weighted by molar-refractivity contribution is 7.23. The molecule has 0 spiro atoms. The van der Waals surface area contributed by atoms with Gasteiger partial charge in [0.25, 0.3) is 0 Å². The first-order valence-corrected chi connectivity index (χ1v) is 9.99. The lowest BCUT2D eigenvalue weighted by Gasteiger charge is -2.24. The Bertz CT molecular complexity index is 714. The smallest absolute Gasteiger partial charge is 0.228 e. The highest BCUT2D eigenvalue weighted by Crippen LogP contribution is 2.33. The second-order valence-corrected chi connectivity index (χ2v) is 8.76. The summed E-state index contributed by atoms with van der Waals surface area (Å²) < 4.78 is 0.764. The molecule has 2 fully saturated rings. The van der Waals surface area contributed by atoms with E-state index in [-0.39, 0.29) is 5.91 Å². The SMILES string of the molecule is O=C(Cc1csc(-c2ccc(Cl)s2)n1)N1CCC2CCC(C1)N2. The molecule has 2 aromatic rings. The molecule has 4 heterocycles. The molecule has 0 saturated carbocycles. The maximum absolute atomic E-state index is 12.6. The molecule has 1 N–H and O–H groups in total. The van der Waals surface area contributed by atoms with Gasteiger partial charge in [0.2, 0.25) is 5.91 Å². The third-order valence-corrected chi connectivity index (χ3v) is 6.84. The zero-order valence-corrected chi connectivity index (χ0v) is 15.0.